The lowest BCUT2D eigenvalue weighted by Gasteiger charge is -2.32. The first-order valence-electron chi connectivity index (χ1n) is 9.04. The van der Waals surface area contributed by atoms with Gasteiger partial charge in [-0.15, -0.1) is 0 Å². The van der Waals surface area contributed by atoms with Crippen LogP contribution in [0.2, 0.25) is 0 Å². The van der Waals surface area contributed by atoms with Crippen LogP contribution in [0.25, 0.3) is 0 Å². The Kier molecular flexibility index (Phi) is 5.91. The predicted molar refractivity (Wildman–Crippen MR) is 94.1 cm³/mol. The largest absolute Gasteiger partial charge is 0.375 e. The molecule has 2 amide bonds. The number of pyridine rings is 1. The molecule has 2 aliphatic rings. The highest BCUT2D eigenvalue weighted by Crippen LogP contribution is 2.28. The summed E-state index contributed by atoms with van der Waals surface area (Å²) < 4.78 is 5.57. The quantitative estimate of drug-likeness (QED) is 0.839. The maximum absolute atomic E-state index is 11.9. The number of carbonyl (C=O) groups excluding carboxylic acids is 1. The molecule has 1 saturated heterocycles. The van der Waals surface area contributed by atoms with Crippen molar-refractivity contribution in [1.29, 1.82) is 0 Å². The lowest BCUT2D eigenvalue weighted by molar-refractivity contribution is 0.0529. The van der Waals surface area contributed by atoms with Gasteiger partial charge in [0.2, 0.25) is 0 Å². The highest BCUT2D eigenvalue weighted by atomic mass is 16.5. The summed E-state index contributed by atoms with van der Waals surface area (Å²) in [6.07, 6.45) is 7.13. The van der Waals surface area contributed by atoms with Crippen LogP contribution >= 0.6 is 0 Å². The summed E-state index contributed by atoms with van der Waals surface area (Å²) in [5, 5.41) is 5.87. The Morgan fingerprint density at radius 3 is 3.04 bits per heavy atom. The lowest BCUT2D eigenvalue weighted by atomic mass is 9.83. The van der Waals surface area contributed by atoms with Crippen LogP contribution in [0, 0.1) is 5.92 Å². The van der Waals surface area contributed by atoms with Crippen molar-refractivity contribution < 1.29 is 9.53 Å². The second-order valence-corrected chi connectivity index (χ2v) is 6.84. The van der Waals surface area contributed by atoms with E-state index in [0.717, 1.165) is 50.0 Å². The molecule has 1 aromatic rings. The number of aromatic nitrogens is 1. The minimum absolute atomic E-state index is 0.0901. The van der Waals surface area contributed by atoms with Crippen molar-refractivity contribution in [1.82, 2.24) is 15.6 Å². The third kappa shape index (κ3) is 4.84. The topological polar surface area (TPSA) is 66.5 Å². The molecular weight excluding hydrogens is 304 g/mol. The maximum Gasteiger partial charge on any atom is 0.315 e. The second kappa shape index (κ2) is 8.33. The molecule has 0 bridgehead atoms. The monoisotopic (exact) mass is 332 g/mol. The maximum atomic E-state index is 11.9. The zero-order valence-corrected chi connectivity index (χ0v) is 14.5. The van der Waals surface area contributed by atoms with E-state index in [-0.39, 0.29) is 12.1 Å². The van der Waals surface area contributed by atoms with Crippen molar-refractivity contribution in [2.45, 2.75) is 45.3 Å². The smallest absolute Gasteiger partial charge is 0.315 e. The average Bonchev–Trinajstić information content (AvgIpc) is 2.55. The molecule has 3 rings (SSSR count). The number of hydrogen-bond donors (Lipinski definition) is 2. The van der Waals surface area contributed by atoms with Gasteiger partial charge in [0.05, 0.1) is 12.7 Å². The van der Waals surface area contributed by atoms with E-state index in [0.29, 0.717) is 6.54 Å². The first kappa shape index (κ1) is 17.0. The molecule has 1 saturated carbocycles. The molecule has 132 valence electrons. The second-order valence-electron chi connectivity index (χ2n) is 6.84. The molecule has 1 aromatic heterocycles. The van der Waals surface area contributed by atoms with Crippen molar-refractivity contribution in [2.75, 3.05) is 31.1 Å². The van der Waals surface area contributed by atoms with Crippen molar-refractivity contribution >= 4 is 11.8 Å². The Hall–Kier alpha value is -1.82. The minimum atomic E-state index is -0.0901. The van der Waals surface area contributed by atoms with Gasteiger partial charge >= 0.3 is 6.03 Å². The fraction of sp³-hybridized carbons (Fsp3) is 0.667. The van der Waals surface area contributed by atoms with Crippen LogP contribution in [0.1, 0.15) is 38.2 Å². The molecule has 0 aromatic carbocycles. The van der Waals surface area contributed by atoms with Crippen molar-refractivity contribution in [3.63, 3.8) is 0 Å². The zero-order valence-electron chi connectivity index (χ0n) is 14.5. The molecule has 0 radical (unpaired) electrons. The van der Waals surface area contributed by atoms with Crippen LogP contribution in [0.5, 0.6) is 0 Å². The van der Waals surface area contributed by atoms with E-state index in [9.17, 15) is 4.79 Å². The van der Waals surface area contributed by atoms with Gasteiger partial charge in [0.1, 0.15) is 5.82 Å². The number of rotatable bonds is 6. The molecule has 1 aliphatic heterocycles. The zero-order chi connectivity index (χ0) is 16.8. The van der Waals surface area contributed by atoms with Gasteiger partial charge in [0.25, 0.3) is 0 Å². The van der Waals surface area contributed by atoms with Crippen LogP contribution in [0.3, 0.4) is 0 Å². The number of ether oxygens (including phenoxy) is 1. The van der Waals surface area contributed by atoms with Crippen LogP contribution < -0.4 is 15.5 Å². The van der Waals surface area contributed by atoms with Crippen LogP contribution in [-0.2, 0) is 11.3 Å². The third-order valence-corrected chi connectivity index (χ3v) is 4.89. The summed E-state index contributed by atoms with van der Waals surface area (Å²) in [6, 6.07) is 3.90. The number of nitrogens with zero attached hydrogens (tertiary/aromatic N) is 2. The molecule has 0 unspecified atom stereocenters. The minimum Gasteiger partial charge on any atom is -0.375 e. The summed E-state index contributed by atoms with van der Waals surface area (Å²) in [6.45, 7) is 5.80. The van der Waals surface area contributed by atoms with Gasteiger partial charge in [0, 0.05) is 32.4 Å². The van der Waals surface area contributed by atoms with Gasteiger partial charge in [-0.1, -0.05) is 19.3 Å². The summed E-state index contributed by atoms with van der Waals surface area (Å²) in [5.74, 6) is 1.78. The van der Waals surface area contributed by atoms with Gasteiger partial charge < -0.3 is 20.3 Å². The number of anilines is 1. The van der Waals surface area contributed by atoms with E-state index in [4.69, 9.17) is 4.74 Å². The summed E-state index contributed by atoms with van der Waals surface area (Å²) >= 11 is 0. The van der Waals surface area contributed by atoms with Gasteiger partial charge in [-0.3, -0.25) is 0 Å². The normalized spacial score (nSPS) is 21.2. The molecule has 0 spiro atoms. The molecule has 24 heavy (non-hydrogen) atoms. The fourth-order valence-corrected chi connectivity index (χ4v) is 3.19. The fourth-order valence-electron chi connectivity index (χ4n) is 3.19. The van der Waals surface area contributed by atoms with Crippen LogP contribution in [0.15, 0.2) is 18.3 Å². The predicted octanol–water partition coefficient (Wildman–Crippen LogP) is 2.30. The van der Waals surface area contributed by atoms with Gasteiger partial charge in [-0.2, -0.15) is 0 Å². The standard InChI is InChI=1S/C18H28N4O2/c1-14-13-22(9-10-24-14)17-11-16(6-7-19-17)12-21-18(23)20-8-5-15-3-2-4-15/h6-7,11,14-15H,2-5,8-10,12-13H2,1H3,(H2,20,21,23)/t14-/m1/s1. The van der Waals surface area contributed by atoms with Crippen molar-refractivity contribution in [3.05, 3.63) is 23.9 Å². The van der Waals surface area contributed by atoms with Crippen molar-refractivity contribution in [3.8, 4) is 0 Å². The van der Waals surface area contributed by atoms with E-state index < -0.39 is 0 Å². The Labute approximate surface area is 144 Å². The number of nitrogens with one attached hydrogen (secondary N) is 2. The van der Waals surface area contributed by atoms with E-state index in [2.05, 4.69) is 27.4 Å². The Balaban J connectivity index is 1.43. The number of morpholine rings is 1. The summed E-state index contributed by atoms with van der Waals surface area (Å²) in [4.78, 5) is 18.6. The molecule has 2 N–H and O–H groups in total. The third-order valence-electron chi connectivity index (χ3n) is 4.89. The van der Waals surface area contributed by atoms with E-state index in [1.165, 1.54) is 19.3 Å². The molecule has 2 fully saturated rings. The average molecular weight is 332 g/mol. The Morgan fingerprint density at radius 1 is 1.42 bits per heavy atom. The number of urea groups is 1. The van der Waals surface area contributed by atoms with E-state index in [1.54, 1.807) is 6.20 Å². The lowest BCUT2D eigenvalue weighted by Crippen LogP contribution is -2.41. The van der Waals surface area contributed by atoms with E-state index in [1.807, 2.05) is 12.1 Å². The van der Waals surface area contributed by atoms with E-state index >= 15 is 0 Å². The first-order valence-corrected chi connectivity index (χ1v) is 9.04. The number of hydrogen-bond acceptors (Lipinski definition) is 4. The highest BCUT2D eigenvalue weighted by Gasteiger charge is 2.18. The number of amides is 2. The first-order chi connectivity index (χ1) is 11.7. The molecule has 1 aliphatic carbocycles. The molecule has 6 nitrogen and oxygen atoms in total. The van der Waals surface area contributed by atoms with Gasteiger partial charge in [0.15, 0.2) is 0 Å². The molecule has 1 atom stereocenters. The number of carbonyl (C=O) groups is 1. The Bertz CT molecular complexity index is 548. The molecule has 6 heteroatoms. The molecule has 2 heterocycles. The van der Waals surface area contributed by atoms with Gasteiger partial charge in [-0.25, -0.2) is 9.78 Å². The molecular formula is C18H28N4O2. The highest BCUT2D eigenvalue weighted by molar-refractivity contribution is 5.73. The van der Waals surface area contributed by atoms with Crippen LogP contribution in [0.4, 0.5) is 10.6 Å². The van der Waals surface area contributed by atoms with Crippen molar-refractivity contribution in [2.24, 2.45) is 5.92 Å². The Morgan fingerprint density at radius 2 is 2.29 bits per heavy atom. The van der Waals surface area contributed by atoms with Crippen LogP contribution in [-0.4, -0.2) is 43.4 Å². The summed E-state index contributed by atoms with van der Waals surface area (Å²) in [5.41, 5.74) is 1.06. The van der Waals surface area contributed by atoms with Gasteiger partial charge in [-0.05, 0) is 37.0 Å². The SMILES string of the molecule is C[C@@H]1CN(c2cc(CNC(=O)NCCC3CCC3)ccn2)CCO1. The summed E-state index contributed by atoms with van der Waals surface area (Å²) in [7, 11) is 0.